The molecule has 0 amide bonds. The molecule has 2 fully saturated rings. The van der Waals surface area contributed by atoms with Crippen LogP contribution in [0.1, 0.15) is 37.7 Å². The van der Waals surface area contributed by atoms with Crippen molar-refractivity contribution in [3.8, 4) is 0 Å². The van der Waals surface area contributed by atoms with Gasteiger partial charge < -0.3 is 5.32 Å². The van der Waals surface area contributed by atoms with Gasteiger partial charge in [-0.3, -0.25) is 4.79 Å². The van der Waals surface area contributed by atoms with Crippen molar-refractivity contribution in [2.75, 3.05) is 0 Å². The molecule has 1 N–H and O–H groups in total. The second kappa shape index (κ2) is 5.41. The minimum absolute atomic E-state index is 0.218. The van der Waals surface area contributed by atoms with Gasteiger partial charge in [0.15, 0.2) is 0 Å². The Morgan fingerprint density at radius 2 is 1.79 bits per heavy atom. The maximum atomic E-state index is 12.8. The van der Waals surface area contributed by atoms with Gasteiger partial charge in [-0.05, 0) is 49.8 Å². The van der Waals surface area contributed by atoms with Crippen LogP contribution >= 0.6 is 0 Å². The molecule has 3 heteroatoms. The lowest BCUT2D eigenvalue weighted by Gasteiger charge is -2.28. The fraction of sp³-hybridized carbons (Fsp3) is 0.562. The average Bonchev–Trinajstić information content (AvgIpc) is 2.76. The summed E-state index contributed by atoms with van der Waals surface area (Å²) in [7, 11) is 0. The van der Waals surface area contributed by atoms with E-state index in [0.717, 1.165) is 24.8 Å². The van der Waals surface area contributed by atoms with Gasteiger partial charge in [0.1, 0.15) is 11.6 Å². The van der Waals surface area contributed by atoms with Crippen LogP contribution in [0.25, 0.3) is 0 Å². The van der Waals surface area contributed by atoms with E-state index in [-0.39, 0.29) is 11.7 Å². The molecule has 2 aliphatic heterocycles. The molecular weight excluding hydrogens is 241 g/mol. The summed E-state index contributed by atoms with van der Waals surface area (Å²) in [4.78, 5) is 12.3. The number of piperidine rings is 1. The lowest BCUT2D eigenvalue weighted by Crippen LogP contribution is -2.40. The van der Waals surface area contributed by atoms with Gasteiger partial charge in [0.25, 0.3) is 0 Å². The van der Waals surface area contributed by atoms with Crippen molar-refractivity contribution >= 4 is 5.78 Å². The van der Waals surface area contributed by atoms with Crippen molar-refractivity contribution in [3.05, 3.63) is 35.6 Å². The number of hydrogen-bond donors (Lipinski definition) is 1. The molecule has 2 unspecified atom stereocenters. The topological polar surface area (TPSA) is 29.1 Å². The quantitative estimate of drug-likeness (QED) is 0.903. The molecule has 0 aliphatic carbocycles. The number of rotatable bonds is 4. The largest absolute Gasteiger partial charge is 0.311 e. The van der Waals surface area contributed by atoms with E-state index in [1.807, 2.05) is 0 Å². The number of benzene rings is 1. The first-order valence-electron chi connectivity index (χ1n) is 7.24. The van der Waals surface area contributed by atoms with Gasteiger partial charge in [-0.25, -0.2) is 4.39 Å². The first kappa shape index (κ1) is 12.8. The molecule has 1 aromatic carbocycles. The molecule has 0 saturated carbocycles. The van der Waals surface area contributed by atoms with Gasteiger partial charge in [0.2, 0.25) is 0 Å². The van der Waals surface area contributed by atoms with E-state index >= 15 is 0 Å². The monoisotopic (exact) mass is 261 g/mol. The summed E-state index contributed by atoms with van der Waals surface area (Å²) in [6, 6.07) is 7.61. The standard InChI is InChI=1S/C16H20FNO/c17-13-4-1-11(2-5-13)3-8-16(19)12-9-14-6-7-15(10-12)18-14/h1-2,4-5,12,14-15,18H,3,6-10H2. The van der Waals surface area contributed by atoms with Gasteiger partial charge in [0, 0.05) is 24.4 Å². The molecule has 2 atom stereocenters. The molecule has 2 heterocycles. The Hall–Kier alpha value is -1.22. The van der Waals surface area contributed by atoms with Crippen LogP contribution in [-0.4, -0.2) is 17.9 Å². The maximum Gasteiger partial charge on any atom is 0.136 e. The molecule has 3 rings (SSSR count). The number of fused-ring (bicyclic) bond motifs is 2. The molecule has 0 aromatic heterocycles. The number of nitrogens with one attached hydrogen (secondary N) is 1. The Morgan fingerprint density at radius 3 is 2.42 bits per heavy atom. The van der Waals surface area contributed by atoms with Crippen LogP contribution in [0.5, 0.6) is 0 Å². The number of aryl methyl sites for hydroxylation is 1. The minimum atomic E-state index is -0.218. The second-order valence-electron chi connectivity index (χ2n) is 5.90. The number of halogens is 1. The molecule has 2 aliphatic rings. The Balaban J connectivity index is 1.52. The number of hydrogen-bond acceptors (Lipinski definition) is 2. The highest BCUT2D eigenvalue weighted by Gasteiger charge is 2.36. The first-order chi connectivity index (χ1) is 9.20. The number of carbonyl (C=O) groups is 1. The molecular formula is C16H20FNO. The van der Waals surface area contributed by atoms with E-state index in [9.17, 15) is 9.18 Å². The van der Waals surface area contributed by atoms with E-state index < -0.39 is 0 Å². The Bertz CT molecular complexity index is 444. The van der Waals surface area contributed by atoms with E-state index in [0.29, 0.717) is 24.3 Å². The van der Waals surface area contributed by atoms with Crippen molar-refractivity contribution in [1.82, 2.24) is 5.32 Å². The minimum Gasteiger partial charge on any atom is -0.311 e. The third-order valence-electron chi connectivity index (χ3n) is 4.50. The van der Waals surface area contributed by atoms with Gasteiger partial charge in [-0.15, -0.1) is 0 Å². The zero-order valence-corrected chi connectivity index (χ0v) is 11.1. The highest BCUT2D eigenvalue weighted by atomic mass is 19.1. The lowest BCUT2D eigenvalue weighted by molar-refractivity contribution is -0.124. The van der Waals surface area contributed by atoms with Crippen LogP contribution in [0.4, 0.5) is 4.39 Å². The van der Waals surface area contributed by atoms with Crippen molar-refractivity contribution < 1.29 is 9.18 Å². The summed E-state index contributed by atoms with van der Waals surface area (Å²) in [5.74, 6) is 0.423. The summed E-state index contributed by atoms with van der Waals surface area (Å²) in [5, 5.41) is 3.56. The number of carbonyl (C=O) groups excluding carboxylic acids is 1. The third kappa shape index (κ3) is 3.03. The van der Waals surface area contributed by atoms with Crippen molar-refractivity contribution in [3.63, 3.8) is 0 Å². The summed E-state index contributed by atoms with van der Waals surface area (Å²) in [6.07, 6.45) is 5.81. The lowest BCUT2D eigenvalue weighted by atomic mass is 9.86. The zero-order chi connectivity index (χ0) is 13.2. The predicted molar refractivity (Wildman–Crippen MR) is 72.4 cm³/mol. The smallest absolute Gasteiger partial charge is 0.136 e. The van der Waals surface area contributed by atoms with Gasteiger partial charge in [-0.2, -0.15) is 0 Å². The van der Waals surface area contributed by atoms with Crippen molar-refractivity contribution in [2.45, 2.75) is 50.6 Å². The number of Topliss-reactive ketones (excluding diaryl/α,β-unsaturated/α-hetero) is 1. The SMILES string of the molecule is O=C(CCc1ccc(F)cc1)C1CC2CCC(C1)N2. The summed E-state index contributed by atoms with van der Waals surface area (Å²) in [6.45, 7) is 0. The fourth-order valence-electron chi connectivity index (χ4n) is 3.44. The van der Waals surface area contributed by atoms with Crippen LogP contribution < -0.4 is 5.32 Å². The normalized spacial score (nSPS) is 29.4. The molecule has 2 saturated heterocycles. The fourth-order valence-corrected chi connectivity index (χ4v) is 3.44. The Morgan fingerprint density at radius 1 is 1.16 bits per heavy atom. The first-order valence-corrected chi connectivity index (χ1v) is 7.24. The van der Waals surface area contributed by atoms with Crippen LogP contribution in [-0.2, 0) is 11.2 Å². The summed E-state index contributed by atoms with van der Waals surface area (Å²) in [5.41, 5.74) is 1.05. The summed E-state index contributed by atoms with van der Waals surface area (Å²) < 4.78 is 12.8. The van der Waals surface area contributed by atoms with Crippen LogP contribution in [0.3, 0.4) is 0 Å². The second-order valence-corrected chi connectivity index (χ2v) is 5.90. The predicted octanol–water partition coefficient (Wildman–Crippen LogP) is 2.86. The van der Waals surface area contributed by atoms with Gasteiger partial charge >= 0.3 is 0 Å². The zero-order valence-electron chi connectivity index (χ0n) is 11.1. The highest BCUT2D eigenvalue weighted by molar-refractivity contribution is 5.81. The molecule has 1 aromatic rings. The maximum absolute atomic E-state index is 12.8. The molecule has 0 radical (unpaired) electrons. The Labute approximate surface area is 113 Å². The van der Waals surface area contributed by atoms with E-state index in [1.165, 1.54) is 25.0 Å². The molecule has 2 bridgehead atoms. The Kier molecular flexibility index (Phi) is 3.65. The van der Waals surface area contributed by atoms with E-state index in [2.05, 4.69) is 5.32 Å². The highest BCUT2D eigenvalue weighted by Crippen LogP contribution is 2.32. The van der Waals surface area contributed by atoms with Crippen molar-refractivity contribution in [2.24, 2.45) is 5.92 Å². The van der Waals surface area contributed by atoms with Crippen LogP contribution in [0.15, 0.2) is 24.3 Å². The van der Waals surface area contributed by atoms with Gasteiger partial charge in [0.05, 0.1) is 0 Å². The molecule has 0 spiro atoms. The van der Waals surface area contributed by atoms with Crippen LogP contribution in [0.2, 0.25) is 0 Å². The average molecular weight is 261 g/mol. The van der Waals surface area contributed by atoms with Gasteiger partial charge in [-0.1, -0.05) is 12.1 Å². The van der Waals surface area contributed by atoms with E-state index in [4.69, 9.17) is 0 Å². The molecule has 2 nitrogen and oxygen atoms in total. The van der Waals surface area contributed by atoms with Crippen molar-refractivity contribution in [1.29, 1.82) is 0 Å². The molecule has 19 heavy (non-hydrogen) atoms. The molecule has 102 valence electrons. The number of ketones is 1. The third-order valence-corrected chi connectivity index (χ3v) is 4.50. The van der Waals surface area contributed by atoms with E-state index in [1.54, 1.807) is 12.1 Å². The van der Waals surface area contributed by atoms with Crippen LogP contribution in [0, 0.1) is 11.7 Å². The summed E-state index contributed by atoms with van der Waals surface area (Å²) >= 11 is 0.